The Morgan fingerprint density at radius 3 is 2.41 bits per heavy atom. The molecule has 17 heavy (non-hydrogen) atoms. The summed E-state index contributed by atoms with van der Waals surface area (Å²) in [4.78, 5) is 13.5. The third kappa shape index (κ3) is 4.52. The fourth-order valence-corrected chi connectivity index (χ4v) is 1.72. The summed E-state index contributed by atoms with van der Waals surface area (Å²) in [6, 6.07) is -0.122. The Morgan fingerprint density at radius 2 is 1.94 bits per heavy atom. The van der Waals surface area contributed by atoms with Gasteiger partial charge in [0.1, 0.15) is 5.60 Å². The number of nitrogens with zero attached hydrogens (tertiary/aromatic N) is 1. The smallest absolute Gasteiger partial charge is 0.410 e. The molecule has 100 valence electrons. The number of carbonyl (C=O) groups excluding carboxylic acids is 1. The second-order valence-electron chi connectivity index (χ2n) is 6.09. The first-order valence-electron chi connectivity index (χ1n) is 6.03. The maximum Gasteiger partial charge on any atom is 0.410 e. The summed E-state index contributed by atoms with van der Waals surface area (Å²) in [7, 11) is 0. The number of carbonyl (C=O) groups is 1. The first-order chi connectivity index (χ1) is 7.59. The number of nitrogens with one attached hydrogen (secondary N) is 1. The molecular formula is C12H24N2O3. The molecule has 1 aliphatic rings. The van der Waals surface area contributed by atoms with Gasteiger partial charge in [0, 0.05) is 19.6 Å². The molecule has 0 radical (unpaired) electrons. The van der Waals surface area contributed by atoms with Crippen molar-refractivity contribution in [3.8, 4) is 0 Å². The zero-order chi connectivity index (χ0) is 13.3. The third-order valence-corrected chi connectivity index (χ3v) is 2.68. The highest BCUT2D eigenvalue weighted by Gasteiger charge is 2.34. The molecule has 2 N–H and O–H groups in total. The van der Waals surface area contributed by atoms with E-state index in [2.05, 4.69) is 5.32 Å². The lowest BCUT2D eigenvalue weighted by Gasteiger charge is -2.39. The highest BCUT2D eigenvalue weighted by atomic mass is 16.6. The van der Waals surface area contributed by atoms with E-state index in [0.29, 0.717) is 19.6 Å². The summed E-state index contributed by atoms with van der Waals surface area (Å²) >= 11 is 0. The molecule has 1 fully saturated rings. The molecule has 1 aliphatic heterocycles. The van der Waals surface area contributed by atoms with E-state index in [-0.39, 0.29) is 12.1 Å². The van der Waals surface area contributed by atoms with E-state index in [4.69, 9.17) is 4.74 Å². The molecule has 0 bridgehead atoms. The molecule has 0 spiro atoms. The Morgan fingerprint density at radius 1 is 1.35 bits per heavy atom. The molecule has 0 unspecified atom stereocenters. The second-order valence-corrected chi connectivity index (χ2v) is 6.09. The Kier molecular flexibility index (Phi) is 4.04. The van der Waals surface area contributed by atoms with Crippen LogP contribution in [0.4, 0.5) is 4.79 Å². The average molecular weight is 244 g/mol. The first kappa shape index (κ1) is 14.3. The van der Waals surface area contributed by atoms with Gasteiger partial charge in [-0.2, -0.15) is 0 Å². The molecule has 1 heterocycles. The largest absolute Gasteiger partial charge is 0.444 e. The normalized spacial score (nSPS) is 22.5. The van der Waals surface area contributed by atoms with Gasteiger partial charge in [-0.3, -0.25) is 0 Å². The van der Waals surface area contributed by atoms with Crippen molar-refractivity contribution in [2.24, 2.45) is 0 Å². The van der Waals surface area contributed by atoms with Gasteiger partial charge in [0.25, 0.3) is 0 Å². The average Bonchev–Trinajstić information content (AvgIpc) is 2.14. The van der Waals surface area contributed by atoms with Gasteiger partial charge in [-0.1, -0.05) is 0 Å². The maximum absolute atomic E-state index is 11.9. The highest BCUT2D eigenvalue weighted by Crippen LogP contribution is 2.16. The minimum atomic E-state index is -0.847. The summed E-state index contributed by atoms with van der Waals surface area (Å²) in [5.74, 6) is 0. The van der Waals surface area contributed by atoms with Crippen LogP contribution in [0.1, 0.15) is 34.6 Å². The molecular weight excluding hydrogens is 220 g/mol. The van der Waals surface area contributed by atoms with Crippen LogP contribution in [0.2, 0.25) is 0 Å². The van der Waals surface area contributed by atoms with Crippen LogP contribution in [0.15, 0.2) is 0 Å². The van der Waals surface area contributed by atoms with Gasteiger partial charge in [0.2, 0.25) is 0 Å². The Labute approximate surface area is 103 Å². The molecule has 1 saturated heterocycles. The maximum atomic E-state index is 11.9. The fraction of sp³-hybridized carbons (Fsp3) is 0.917. The number of piperazine rings is 1. The number of aliphatic hydroxyl groups is 1. The van der Waals surface area contributed by atoms with Crippen LogP contribution in [-0.4, -0.2) is 53.0 Å². The zero-order valence-electron chi connectivity index (χ0n) is 11.4. The van der Waals surface area contributed by atoms with Gasteiger partial charge in [0.15, 0.2) is 0 Å². The predicted octanol–water partition coefficient (Wildman–Crippen LogP) is 0.966. The summed E-state index contributed by atoms with van der Waals surface area (Å²) in [6.07, 6.45) is -0.312. The van der Waals surface area contributed by atoms with Crippen molar-refractivity contribution >= 4 is 6.09 Å². The van der Waals surface area contributed by atoms with Gasteiger partial charge in [-0.05, 0) is 34.6 Å². The van der Waals surface area contributed by atoms with E-state index in [1.807, 2.05) is 20.8 Å². The van der Waals surface area contributed by atoms with Gasteiger partial charge >= 0.3 is 6.09 Å². The molecule has 5 nitrogen and oxygen atoms in total. The van der Waals surface area contributed by atoms with Gasteiger partial charge in [-0.25, -0.2) is 4.79 Å². The monoisotopic (exact) mass is 244 g/mol. The first-order valence-corrected chi connectivity index (χ1v) is 6.03. The number of hydrogen-bond acceptors (Lipinski definition) is 4. The lowest BCUT2D eigenvalue weighted by Crippen LogP contribution is -2.60. The van der Waals surface area contributed by atoms with Crippen molar-refractivity contribution in [1.29, 1.82) is 0 Å². The molecule has 0 aromatic rings. The summed E-state index contributed by atoms with van der Waals surface area (Å²) in [5, 5.41) is 13.1. The molecule has 0 aliphatic carbocycles. The Hall–Kier alpha value is -0.810. The number of hydrogen-bond donors (Lipinski definition) is 2. The van der Waals surface area contributed by atoms with Crippen LogP contribution in [0.5, 0.6) is 0 Å². The van der Waals surface area contributed by atoms with Crippen LogP contribution < -0.4 is 5.32 Å². The van der Waals surface area contributed by atoms with E-state index >= 15 is 0 Å². The number of rotatable bonds is 1. The van der Waals surface area contributed by atoms with Gasteiger partial charge < -0.3 is 20.1 Å². The number of amides is 1. The van der Waals surface area contributed by atoms with Crippen molar-refractivity contribution in [1.82, 2.24) is 10.2 Å². The van der Waals surface area contributed by atoms with E-state index in [9.17, 15) is 9.90 Å². The summed E-state index contributed by atoms with van der Waals surface area (Å²) in [5.41, 5.74) is -1.33. The minimum Gasteiger partial charge on any atom is -0.444 e. The molecule has 1 atom stereocenters. The Balaban J connectivity index is 2.58. The zero-order valence-corrected chi connectivity index (χ0v) is 11.4. The van der Waals surface area contributed by atoms with Crippen LogP contribution in [0.25, 0.3) is 0 Å². The topological polar surface area (TPSA) is 61.8 Å². The summed E-state index contributed by atoms with van der Waals surface area (Å²) < 4.78 is 5.32. The highest BCUT2D eigenvalue weighted by molar-refractivity contribution is 5.68. The van der Waals surface area contributed by atoms with Crippen LogP contribution in [0.3, 0.4) is 0 Å². The standard InChI is InChI=1S/C12H24N2O3/c1-11(2,3)17-10(15)14-7-6-13-9(8-14)12(4,5)16/h9,13,16H,6-8H2,1-5H3/t9-/m1/s1. The second kappa shape index (κ2) is 4.82. The van der Waals surface area contributed by atoms with Gasteiger partial charge in [-0.15, -0.1) is 0 Å². The van der Waals surface area contributed by atoms with Crippen molar-refractivity contribution in [2.75, 3.05) is 19.6 Å². The van der Waals surface area contributed by atoms with Crippen molar-refractivity contribution in [3.05, 3.63) is 0 Å². The molecule has 1 amide bonds. The van der Waals surface area contributed by atoms with Crippen LogP contribution in [0, 0.1) is 0 Å². The lowest BCUT2D eigenvalue weighted by atomic mass is 9.97. The SMILES string of the molecule is CC(C)(C)OC(=O)N1CCN[C@@H](C(C)(C)O)C1. The lowest BCUT2D eigenvalue weighted by molar-refractivity contribution is -0.00929. The third-order valence-electron chi connectivity index (χ3n) is 2.68. The van der Waals surface area contributed by atoms with Crippen LogP contribution >= 0.6 is 0 Å². The fourth-order valence-electron chi connectivity index (χ4n) is 1.72. The Bertz CT molecular complexity index is 278. The number of ether oxygens (including phenoxy) is 1. The molecule has 0 saturated carbocycles. The van der Waals surface area contributed by atoms with E-state index in [1.54, 1.807) is 18.7 Å². The quantitative estimate of drug-likeness (QED) is 0.721. The van der Waals surface area contributed by atoms with Crippen molar-refractivity contribution in [2.45, 2.75) is 51.9 Å². The summed E-state index contributed by atoms with van der Waals surface area (Å²) in [6.45, 7) is 10.8. The molecule has 0 aromatic heterocycles. The van der Waals surface area contributed by atoms with Crippen molar-refractivity contribution in [3.63, 3.8) is 0 Å². The van der Waals surface area contributed by atoms with E-state index in [0.717, 1.165) is 0 Å². The van der Waals surface area contributed by atoms with E-state index < -0.39 is 11.2 Å². The molecule has 0 aromatic carbocycles. The molecule has 5 heteroatoms. The minimum absolute atomic E-state index is 0.122. The predicted molar refractivity (Wildman–Crippen MR) is 65.9 cm³/mol. The molecule has 1 rings (SSSR count). The van der Waals surface area contributed by atoms with Crippen LogP contribution in [-0.2, 0) is 4.74 Å². The van der Waals surface area contributed by atoms with E-state index in [1.165, 1.54) is 0 Å². The van der Waals surface area contributed by atoms with Gasteiger partial charge in [0.05, 0.1) is 11.6 Å². The van der Waals surface area contributed by atoms with Crippen molar-refractivity contribution < 1.29 is 14.6 Å².